The standard InChI is InChI=1S/C18H38N2/c1-4-7-17(13-14-19)8-6-15-20(3)18-11-9-16(5-2)10-12-18/h16-18H,4-15,19H2,1-3H3. The van der Waals surface area contributed by atoms with Crippen molar-refractivity contribution in [1.82, 2.24) is 4.90 Å². The lowest BCUT2D eigenvalue weighted by Crippen LogP contribution is -2.35. The average Bonchev–Trinajstić information content (AvgIpc) is 2.47. The number of hydrogen-bond acceptors (Lipinski definition) is 2. The van der Waals surface area contributed by atoms with Crippen LogP contribution in [0.3, 0.4) is 0 Å². The fourth-order valence-electron chi connectivity index (χ4n) is 3.88. The van der Waals surface area contributed by atoms with E-state index >= 15 is 0 Å². The Hall–Kier alpha value is -0.0800. The summed E-state index contributed by atoms with van der Waals surface area (Å²) in [6, 6.07) is 0.858. The van der Waals surface area contributed by atoms with E-state index in [1.165, 1.54) is 70.8 Å². The Morgan fingerprint density at radius 2 is 1.75 bits per heavy atom. The Bertz CT molecular complexity index is 215. The third-order valence-corrected chi connectivity index (χ3v) is 5.41. The van der Waals surface area contributed by atoms with E-state index in [0.29, 0.717) is 0 Å². The van der Waals surface area contributed by atoms with E-state index in [0.717, 1.165) is 24.4 Å². The molecule has 20 heavy (non-hydrogen) atoms. The van der Waals surface area contributed by atoms with Gasteiger partial charge in [-0.1, -0.05) is 33.1 Å². The second kappa shape index (κ2) is 10.6. The molecule has 1 saturated carbocycles. The molecule has 0 radical (unpaired) electrons. The molecule has 1 rings (SSSR count). The summed E-state index contributed by atoms with van der Waals surface area (Å²) in [6.07, 6.45) is 13.8. The lowest BCUT2D eigenvalue weighted by atomic mass is 9.84. The summed E-state index contributed by atoms with van der Waals surface area (Å²) in [5, 5.41) is 0. The first-order chi connectivity index (χ1) is 9.71. The van der Waals surface area contributed by atoms with E-state index in [4.69, 9.17) is 5.73 Å². The Morgan fingerprint density at radius 1 is 1.05 bits per heavy atom. The fourth-order valence-corrected chi connectivity index (χ4v) is 3.88. The molecule has 1 atom stereocenters. The Labute approximate surface area is 127 Å². The molecule has 1 aliphatic rings. The van der Waals surface area contributed by atoms with Crippen LogP contribution >= 0.6 is 0 Å². The lowest BCUT2D eigenvalue weighted by Gasteiger charge is -2.34. The van der Waals surface area contributed by atoms with Gasteiger partial charge < -0.3 is 10.6 Å². The minimum absolute atomic E-state index is 0.858. The molecule has 0 aromatic heterocycles. The van der Waals surface area contributed by atoms with E-state index in [1.807, 2.05) is 0 Å². The number of rotatable bonds is 10. The molecular formula is C18H38N2. The van der Waals surface area contributed by atoms with Gasteiger partial charge in [-0.15, -0.1) is 0 Å². The third-order valence-electron chi connectivity index (χ3n) is 5.41. The van der Waals surface area contributed by atoms with Gasteiger partial charge in [-0.05, 0) is 76.9 Å². The van der Waals surface area contributed by atoms with Crippen molar-refractivity contribution in [3.8, 4) is 0 Å². The Morgan fingerprint density at radius 3 is 2.30 bits per heavy atom. The van der Waals surface area contributed by atoms with Crippen LogP contribution in [0, 0.1) is 11.8 Å². The van der Waals surface area contributed by atoms with Crippen molar-refractivity contribution in [2.45, 2.75) is 84.1 Å². The van der Waals surface area contributed by atoms with Crippen LogP contribution in [0.5, 0.6) is 0 Å². The fraction of sp³-hybridized carbons (Fsp3) is 1.00. The highest BCUT2D eigenvalue weighted by molar-refractivity contribution is 4.77. The molecule has 2 nitrogen and oxygen atoms in total. The molecule has 0 bridgehead atoms. The zero-order chi connectivity index (χ0) is 14.8. The van der Waals surface area contributed by atoms with Crippen LogP contribution in [0.15, 0.2) is 0 Å². The summed E-state index contributed by atoms with van der Waals surface area (Å²) in [7, 11) is 2.34. The van der Waals surface area contributed by atoms with Gasteiger partial charge in [-0.3, -0.25) is 0 Å². The predicted molar refractivity (Wildman–Crippen MR) is 90.0 cm³/mol. The normalized spacial score (nSPS) is 25.1. The van der Waals surface area contributed by atoms with Gasteiger partial charge in [0.05, 0.1) is 0 Å². The van der Waals surface area contributed by atoms with Crippen molar-refractivity contribution in [3.05, 3.63) is 0 Å². The monoisotopic (exact) mass is 282 g/mol. The molecule has 0 aromatic rings. The number of nitrogens with zero attached hydrogens (tertiary/aromatic N) is 1. The smallest absolute Gasteiger partial charge is 0.00924 e. The maximum absolute atomic E-state index is 5.72. The summed E-state index contributed by atoms with van der Waals surface area (Å²) in [5.74, 6) is 1.88. The molecule has 1 fully saturated rings. The summed E-state index contributed by atoms with van der Waals surface area (Å²) in [4.78, 5) is 2.64. The van der Waals surface area contributed by atoms with Gasteiger partial charge in [0, 0.05) is 6.04 Å². The number of hydrogen-bond donors (Lipinski definition) is 1. The zero-order valence-electron chi connectivity index (χ0n) is 14.2. The van der Waals surface area contributed by atoms with E-state index in [1.54, 1.807) is 0 Å². The molecule has 0 saturated heterocycles. The summed E-state index contributed by atoms with van der Waals surface area (Å²) < 4.78 is 0. The van der Waals surface area contributed by atoms with Crippen molar-refractivity contribution >= 4 is 0 Å². The molecule has 0 heterocycles. The average molecular weight is 283 g/mol. The minimum atomic E-state index is 0.858. The summed E-state index contributed by atoms with van der Waals surface area (Å²) in [5.41, 5.74) is 5.72. The molecule has 0 aliphatic heterocycles. The second-order valence-electron chi connectivity index (χ2n) is 6.94. The molecule has 2 heteroatoms. The van der Waals surface area contributed by atoms with Crippen molar-refractivity contribution in [1.29, 1.82) is 0 Å². The molecular weight excluding hydrogens is 244 g/mol. The highest BCUT2D eigenvalue weighted by atomic mass is 15.1. The van der Waals surface area contributed by atoms with Crippen LogP contribution in [0.25, 0.3) is 0 Å². The number of nitrogens with two attached hydrogens (primary N) is 1. The topological polar surface area (TPSA) is 29.3 Å². The summed E-state index contributed by atoms with van der Waals surface area (Å²) in [6.45, 7) is 6.79. The van der Waals surface area contributed by atoms with E-state index < -0.39 is 0 Å². The van der Waals surface area contributed by atoms with Crippen LogP contribution in [-0.4, -0.2) is 31.1 Å². The van der Waals surface area contributed by atoms with Gasteiger partial charge in [-0.25, -0.2) is 0 Å². The zero-order valence-corrected chi connectivity index (χ0v) is 14.2. The van der Waals surface area contributed by atoms with Gasteiger partial charge in [0.1, 0.15) is 0 Å². The van der Waals surface area contributed by atoms with Gasteiger partial charge >= 0.3 is 0 Å². The first-order valence-electron chi connectivity index (χ1n) is 9.11. The Kier molecular flexibility index (Phi) is 9.54. The molecule has 0 spiro atoms. The predicted octanol–water partition coefficient (Wildman–Crippen LogP) is 4.43. The minimum Gasteiger partial charge on any atom is -0.330 e. The first kappa shape index (κ1) is 18.0. The maximum atomic E-state index is 5.72. The van der Waals surface area contributed by atoms with E-state index in [2.05, 4.69) is 25.8 Å². The molecule has 0 aromatic carbocycles. The van der Waals surface area contributed by atoms with Gasteiger partial charge in [-0.2, -0.15) is 0 Å². The lowest BCUT2D eigenvalue weighted by molar-refractivity contribution is 0.158. The SMILES string of the molecule is CCCC(CCN)CCCN(C)C1CCC(CC)CC1. The Balaban J connectivity index is 2.17. The van der Waals surface area contributed by atoms with Crippen molar-refractivity contribution in [2.75, 3.05) is 20.1 Å². The van der Waals surface area contributed by atoms with E-state index in [-0.39, 0.29) is 0 Å². The highest BCUT2D eigenvalue weighted by Gasteiger charge is 2.22. The molecule has 1 unspecified atom stereocenters. The molecule has 0 amide bonds. The van der Waals surface area contributed by atoms with Crippen molar-refractivity contribution in [2.24, 2.45) is 17.6 Å². The first-order valence-corrected chi connectivity index (χ1v) is 9.11. The quantitative estimate of drug-likeness (QED) is 0.642. The van der Waals surface area contributed by atoms with Crippen molar-refractivity contribution < 1.29 is 0 Å². The van der Waals surface area contributed by atoms with Gasteiger partial charge in [0.15, 0.2) is 0 Å². The highest BCUT2D eigenvalue weighted by Crippen LogP contribution is 2.29. The van der Waals surface area contributed by atoms with Crippen LogP contribution in [-0.2, 0) is 0 Å². The van der Waals surface area contributed by atoms with Gasteiger partial charge in [0.25, 0.3) is 0 Å². The van der Waals surface area contributed by atoms with Crippen LogP contribution < -0.4 is 5.73 Å². The van der Waals surface area contributed by atoms with Crippen LogP contribution in [0.2, 0.25) is 0 Å². The molecule has 2 N–H and O–H groups in total. The largest absolute Gasteiger partial charge is 0.330 e. The van der Waals surface area contributed by atoms with Crippen LogP contribution in [0.1, 0.15) is 78.1 Å². The van der Waals surface area contributed by atoms with Gasteiger partial charge in [0.2, 0.25) is 0 Å². The summed E-state index contributed by atoms with van der Waals surface area (Å²) >= 11 is 0. The molecule has 1 aliphatic carbocycles. The van der Waals surface area contributed by atoms with E-state index in [9.17, 15) is 0 Å². The molecule has 120 valence electrons. The van der Waals surface area contributed by atoms with Crippen molar-refractivity contribution in [3.63, 3.8) is 0 Å². The van der Waals surface area contributed by atoms with Crippen LogP contribution in [0.4, 0.5) is 0 Å². The third kappa shape index (κ3) is 6.58. The second-order valence-corrected chi connectivity index (χ2v) is 6.94. The maximum Gasteiger partial charge on any atom is 0.00924 e.